The molecular formula is C32H37F3N4O2. The first-order chi connectivity index (χ1) is 19.5. The highest BCUT2D eigenvalue weighted by Gasteiger charge is 2.33. The lowest BCUT2D eigenvalue weighted by atomic mass is 10.1. The zero-order valence-electron chi connectivity index (χ0n) is 23.8. The van der Waals surface area contributed by atoms with E-state index in [-0.39, 0.29) is 36.0 Å². The summed E-state index contributed by atoms with van der Waals surface area (Å²) in [4.78, 5) is 37.0. The number of pyridine rings is 1. The molecule has 1 aromatic heterocycles. The SMILES string of the molecule is Cc1nc(C(F)(F)F)ccc1C(=O)N1CCN(CC(C)C)CCCN(C(=O)Cc2ccccc2)c2ccccc2C1. The van der Waals surface area contributed by atoms with Gasteiger partial charge in [-0.3, -0.25) is 9.59 Å². The number of carbonyl (C=O) groups excluding carboxylic acids is 2. The van der Waals surface area contributed by atoms with Crippen LogP contribution in [0.25, 0.3) is 0 Å². The Morgan fingerprint density at radius 1 is 0.902 bits per heavy atom. The quantitative estimate of drug-likeness (QED) is 0.381. The summed E-state index contributed by atoms with van der Waals surface area (Å²) in [6.07, 6.45) is -3.57. The summed E-state index contributed by atoms with van der Waals surface area (Å²) >= 11 is 0. The highest BCUT2D eigenvalue weighted by atomic mass is 19.4. The third-order valence-electron chi connectivity index (χ3n) is 7.20. The van der Waals surface area contributed by atoms with E-state index < -0.39 is 11.9 Å². The van der Waals surface area contributed by atoms with Crippen molar-refractivity contribution in [3.8, 4) is 0 Å². The van der Waals surface area contributed by atoms with E-state index in [0.29, 0.717) is 25.6 Å². The Hall–Kier alpha value is -3.72. The van der Waals surface area contributed by atoms with Gasteiger partial charge in [0.1, 0.15) is 5.69 Å². The Bertz CT molecular complexity index is 1340. The Morgan fingerprint density at radius 2 is 1.61 bits per heavy atom. The zero-order chi connectivity index (χ0) is 29.6. The van der Waals surface area contributed by atoms with Crippen molar-refractivity contribution in [2.75, 3.05) is 37.6 Å². The van der Waals surface area contributed by atoms with Crippen molar-refractivity contribution in [1.82, 2.24) is 14.8 Å². The number of nitrogens with zero attached hydrogens (tertiary/aromatic N) is 4. The predicted octanol–water partition coefficient (Wildman–Crippen LogP) is 5.99. The van der Waals surface area contributed by atoms with E-state index in [9.17, 15) is 22.8 Å². The second-order valence-electron chi connectivity index (χ2n) is 10.9. The van der Waals surface area contributed by atoms with Gasteiger partial charge in [0.2, 0.25) is 5.91 Å². The summed E-state index contributed by atoms with van der Waals surface area (Å²) < 4.78 is 39.7. The normalized spacial score (nSPS) is 15.4. The smallest absolute Gasteiger partial charge is 0.333 e. The Morgan fingerprint density at radius 3 is 2.29 bits per heavy atom. The molecule has 0 saturated carbocycles. The number of hydrogen-bond donors (Lipinski definition) is 0. The molecule has 9 heteroatoms. The van der Waals surface area contributed by atoms with Crippen LogP contribution in [0, 0.1) is 12.8 Å². The van der Waals surface area contributed by atoms with E-state index in [1.807, 2.05) is 59.5 Å². The third-order valence-corrected chi connectivity index (χ3v) is 7.20. The molecule has 2 amide bonds. The van der Waals surface area contributed by atoms with Crippen LogP contribution in [0.15, 0.2) is 66.7 Å². The summed E-state index contributed by atoms with van der Waals surface area (Å²) in [5.41, 5.74) is 1.62. The number of amides is 2. The summed E-state index contributed by atoms with van der Waals surface area (Å²) in [6.45, 7) is 9.01. The minimum absolute atomic E-state index is 0.0287. The van der Waals surface area contributed by atoms with E-state index >= 15 is 0 Å². The van der Waals surface area contributed by atoms with Crippen LogP contribution in [0.5, 0.6) is 0 Å². The molecule has 0 aliphatic carbocycles. The van der Waals surface area contributed by atoms with Gasteiger partial charge in [0, 0.05) is 38.4 Å². The summed E-state index contributed by atoms with van der Waals surface area (Å²) in [5, 5.41) is 0. The van der Waals surface area contributed by atoms with Gasteiger partial charge >= 0.3 is 6.18 Å². The maximum atomic E-state index is 13.8. The minimum atomic E-state index is -4.59. The van der Waals surface area contributed by atoms with Crippen LogP contribution >= 0.6 is 0 Å². The van der Waals surface area contributed by atoms with Crippen LogP contribution in [-0.4, -0.2) is 59.3 Å². The Labute approximate surface area is 239 Å². The fourth-order valence-corrected chi connectivity index (χ4v) is 5.25. The van der Waals surface area contributed by atoms with Crippen molar-refractivity contribution in [3.63, 3.8) is 0 Å². The summed E-state index contributed by atoms with van der Waals surface area (Å²) in [7, 11) is 0. The molecule has 2 aromatic carbocycles. The van der Waals surface area contributed by atoms with Gasteiger partial charge in [-0.25, -0.2) is 4.98 Å². The molecule has 41 heavy (non-hydrogen) atoms. The number of carbonyl (C=O) groups is 2. The average molecular weight is 567 g/mol. The summed E-state index contributed by atoms with van der Waals surface area (Å²) in [6, 6.07) is 19.2. The van der Waals surface area contributed by atoms with Crippen LogP contribution < -0.4 is 4.90 Å². The predicted molar refractivity (Wildman–Crippen MR) is 154 cm³/mol. The van der Waals surface area contributed by atoms with Gasteiger partial charge in [0.25, 0.3) is 5.91 Å². The van der Waals surface area contributed by atoms with Crippen LogP contribution in [-0.2, 0) is 23.9 Å². The van der Waals surface area contributed by atoms with Gasteiger partial charge in [0.05, 0.1) is 17.7 Å². The van der Waals surface area contributed by atoms with Crippen molar-refractivity contribution < 1.29 is 22.8 Å². The van der Waals surface area contributed by atoms with Crippen molar-refractivity contribution in [1.29, 1.82) is 0 Å². The molecule has 2 heterocycles. The molecule has 0 spiro atoms. The maximum Gasteiger partial charge on any atom is 0.433 e. The fraction of sp³-hybridized carbons (Fsp3) is 0.406. The first kappa shape index (κ1) is 30.2. The molecule has 218 valence electrons. The second-order valence-corrected chi connectivity index (χ2v) is 10.9. The summed E-state index contributed by atoms with van der Waals surface area (Å²) in [5.74, 6) is -0.0120. The van der Waals surface area contributed by atoms with Crippen molar-refractivity contribution in [2.45, 2.75) is 46.3 Å². The number of anilines is 1. The molecule has 4 rings (SSSR count). The number of fused-ring (bicyclic) bond motifs is 1. The van der Waals surface area contributed by atoms with Crippen LogP contribution in [0.4, 0.5) is 18.9 Å². The van der Waals surface area contributed by atoms with Gasteiger partial charge in [-0.05, 0) is 55.1 Å². The van der Waals surface area contributed by atoms with E-state index in [1.165, 1.54) is 13.0 Å². The highest BCUT2D eigenvalue weighted by molar-refractivity contribution is 5.97. The molecule has 0 fully saturated rings. The molecule has 0 atom stereocenters. The molecule has 3 aromatic rings. The lowest BCUT2D eigenvalue weighted by molar-refractivity contribution is -0.141. The van der Waals surface area contributed by atoms with Gasteiger partial charge in [-0.15, -0.1) is 0 Å². The first-order valence-corrected chi connectivity index (χ1v) is 14.0. The highest BCUT2D eigenvalue weighted by Crippen LogP contribution is 2.29. The first-order valence-electron chi connectivity index (χ1n) is 14.0. The Balaban J connectivity index is 1.69. The second kappa shape index (κ2) is 13.3. The van der Waals surface area contributed by atoms with Gasteiger partial charge in [-0.1, -0.05) is 62.4 Å². The molecule has 0 radical (unpaired) electrons. The Kier molecular flexibility index (Phi) is 9.81. The number of benzene rings is 2. The van der Waals surface area contributed by atoms with Gasteiger partial charge in [-0.2, -0.15) is 13.2 Å². The fourth-order valence-electron chi connectivity index (χ4n) is 5.25. The molecule has 0 bridgehead atoms. The number of hydrogen-bond acceptors (Lipinski definition) is 4. The third kappa shape index (κ3) is 7.94. The molecular weight excluding hydrogens is 529 g/mol. The van der Waals surface area contributed by atoms with Crippen LogP contribution in [0.1, 0.15) is 53.1 Å². The van der Waals surface area contributed by atoms with Gasteiger partial charge in [0.15, 0.2) is 0 Å². The molecule has 0 saturated heterocycles. The van der Waals surface area contributed by atoms with E-state index in [4.69, 9.17) is 0 Å². The molecule has 0 unspecified atom stereocenters. The number of para-hydroxylation sites is 1. The topological polar surface area (TPSA) is 56.8 Å². The van der Waals surface area contributed by atoms with Crippen molar-refractivity contribution in [3.05, 3.63) is 94.8 Å². The molecule has 1 aliphatic heterocycles. The lowest BCUT2D eigenvalue weighted by Crippen LogP contribution is -2.40. The monoisotopic (exact) mass is 566 g/mol. The standard InChI is InChI=1S/C32H37F3N4O2/c1-23(2)21-37-16-9-17-39(30(40)20-25-10-5-4-6-11-25)28-13-8-7-12-26(28)22-38(19-18-37)31(41)27-14-15-29(32(33,34)35)36-24(27)3/h4-8,10-15,23H,9,16-22H2,1-3H3. The van der Waals surface area contributed by atoms with Crippen LogP contribution in [0.3, 0.4) is 0 Å². The van der Waals surface area contributed by atoms with Gasteiger partial charge < -0.3 is 14.7 Å². The van der Waals surface area contributed by atoms with E-state index in [1.54, 1.807) is 4.90 Å². The lowest BCUT2D eigenvalue weighted by Gasteiger charge is -2.29. The van der Waals surface area contributed by atoms with Crippen LogP contribution in [0.2, 0.25) is 0 Å². The number of rotatable bonds is 5. The maximum absolute atomic E-state index is 13.8. The number of halogens is 3. The molecule has 0 N–H and O–H groups in total. The minimum Gasteiger partial charge on any atom is -0.333 e. The number of aryl methyl sites for hydroxylation is 1. The number of aromatic nitrogens is 1. The van der Waals surface area contributed by atoms with E-state index in [2.05, 4.69) is 23.7 Å². The number of alkyl halides is 3. The zero-order valence-corrected chi connectivity index (χ0v) is 23.8. The van der Waals surface area contributed by atoms with E-state index in [0.717, 1.165) is 42.4 Å². The largest absolute Gasteiger partial charge is 0.433 e. The van der Waals surface area contributed by atoms with Crippen molar-refractivity contribution >= 4 is 17.5 Å². The molecule has 6 nitrogen and oxygen atoms in total. The molecule has 1 aliphatic rings. The van der Waals surface area contributed by atoms with Crippen molar-refractivity contribution in [2.24, 2.45) is 5.92 Å². The average Bonchev–Trinajstić information content (AvgIpc) is 2.95.